The summed E-state index contributed by atoms with van der Waals surface area (Å²) >= 11 is 0. The number of rotatable bonds is 3. The molecule has 2 aliphatic heterocycles. The van der Waals surface area contributed by atoms with Crippen molar-refractivity contribution in [2.24, 2.45) is 7.05 Å². The topological polar surface area (TPSA) is 41.4 Å². The van der Waals surface area contributed by atoms with Crippen molar-refractivity contribution in [1.82, 2.24) is 14.5 Å². The summed E-state index contributed by atoms with van der Waals surface area (Å²) in [6, 6.07) is 14.8. The van der Waals surface area contributed by atoms with Gasteiger partial charge in [-0.05, 0) is 67.9 Å². The van der Waals surface area contributed by atoms with Gasteiger partial charge in [-0.25, -0.2) is 0 Å². The quantitative estimate of drug-likeness (QED) is 0.671. The first-order chi connectivity index (χ1) is 14.6. The molecule has 0 spiro atoms. The van der Waals surface area contributed by atoms with E-state index in [1.165, 1.54) is 11.1 Å². The van der Waals surface area contributed by atoms with Gasteiger partial charge in [0.15, 0.2) is 0 Å². The molecule has 0 saturated carbocycles. The van der Waals surface area contributed by atoms with Crippen LogP contribution in [0.25, 0.3) is 11.1 Å². The van der Waals surface area contributed by atoms with E-state index in [4.69, 9.17) is 0 Å². The van der Waals surface area contributed by atoms with E-state index in [0.717, 1.165) is 61.5 Å². The standard InChI is InChI=1S/C25H28N4O/c1-27-13-9-19(10-14-27)23-15-22(18-7-11-26-12-8-18)24(25(30)28(23)2)29-16-20-5-3-4-6-21(20)17-29/h3-8,11-12,15,19H,9-10,13-14,16-17H2,1-2H3. The maximum Gasteiger partial charge on any atom is 0.274 e. The Bertz CT molecular complexity index is 1090. The fourth-order valence-electron chi connectivity index (χ4n) is 4.95. The van der Waals surface area contributed by atoms with Crippen LogP contribution < -0.4 is 10.5 Å². The summed E-state index contributed by atoms with van der Waals surface area (Å²) in [5, 5.41) is 0. The lowest BCUT2D eigenvalue weighted by atomic mass is 9.91. The van der Waals surface area contributed by atoms with Crippen LogP contribution in [0.2, 0.25) is 0 Å². The van der Waals surface area contributed by atoms with Gasteiger partial charge in [-0.3, -0.25) is 9.78 Å². The number of aromatic nitrogens is 2. The van der Waals surface area contributed by atoms with E-state index in [0.29, 0.717) is 5.92 Å². The summed E-state index contributed by atoms with van der Waals surface area (Å²) < 4.78 is 1.90. The summed E-state index contributed by atoms with van der Waals surface area (Å²) in [7, 11) is 4.12. The Morgan fingerprint density at radius 3 is 2.20 bits per heavy atom. The van der Waals surface area contributed by atoms with E-state index in [-0.39, 0.29) is 5.56 Å². The van der Waals surface area contributed by atoms with E-state index in [2.05, 4.69) is 52.2 Å². The third-order valence-electron chi connectivity index (χ3n) is 6.73. The summed E-state index contributed by atoms with van der Waals surface area (Å²) in [5.74, 6) is 0.421. The fraction of sp³-hybridized carbons (Fsp3) is 0.360. The molecule has 154 valence electrons. The summed E-state index contributed by atoms with van der Waals surface area (Å²) in [4.78, 5) is 22.5. The monoisotopic (exact) mass is 400 g/mol. The lowest BCUT2D eigenvalue weighted by molar-refractivity contribution is 0.251. The minimum Gasteiger partial charge on any atom is -0.358 e. The van der Waals surface area contributed by atoms with Crippen LogP contribution in [-0.2, 0) is 20.1 Å². The Labute approximate surface area is 177 Å². The van der Waals surface area contributed by atoms with E-state index < -0.39 is 0 Å². The molecule has 0 bridgehead atoms. The fourth-order valence-corrected chi connectivity index (χ4v) is 4.95. The molecule has 4 heterocycles. The molecule has 5 rings (SSSR count). The van der Waals surface area contributed by atoms with Crippen molar-refractivity contribution in [3.63, 3.8) is 0 Å². The first kappa shape index (κ1) is 19.1. The zero-order valence-electron chi connectivity index (χ0n) is 17.7. The molecule has 5 nitrogen and oxygen atoms in total. The van der Waals surface area contributed by atoms with Gasteiger partial charge in [0.25, 0.3) is 5.56 Å². The van der Waals surface area contributed by atoms with Crippen LogP contribution in [-0.4, -0.2) is 34.6 Å². The Kier molecular flexibility index (Phi) is 4.91. The first-order valence-corrected chi connectivity index (χ1v) is 10.8. The third-order valence-corrected chi connectivity index (χ3v) is 6.73. The van der Waals surface area contributed by atoms with Crippen LogP contribution in [0.3, 0.4) is 0 Å². The minimum atomic E-state index is 0.103. The van der Waals surface area contributed by atoms with Crippen molar-refractivity contribution < 1.29 is 0 Å². The number of nitrogens with zero attached hydrogens (tertiary/aromatic N) is 4. The van der Waals surface area contributed by atoms with Gasteiger partial charge in [0.2, 0.25) is 0 Å². The van der Waals surface area contributed by atoms with Gasteiger partial charge in [-0.15, -0.1) is 0 Å². The van der Waals surface area contributed by atoms with Crippen molar-refractivity contribution in [1.29, 1.82) is 0 Å². The third kappa shape index (κ3) is 3.33. The molecule has 0 N–H and O–H groups in total. The van der Waals surface area contributed by atoms with Crippen molar-refractivity contribution in [3.8, 4) is 11.1 Å². The van der Waals surface area contributed by atoms with Gasteiger partial charge in [-0.1, -0.05) is 24.3 Å². The van der Waals surface area contributed by atoms with E-state index in [1.807, 2.05) is 36.1 Å². The molecular weight excluding hydrogens is 372 g/mol. The molecule has 5 heteroatoms. The summed E-state index contributed by atoms with van der Waals surface area (Å²) in [6.45, 7) is 3.70. The smallest absolute Gasteiger partial charge is 0.274 e. The molecule has 30 heavy (non-hydrogen) atoms. The SMILES string of the molecule is CN1CCC(c2cc(-c3ccncc3)c(N3Cc4ccccc4C3)c(=O)n2C)CC1. The maximum atomic E-state index is 13.7. The number of hydrogen-bond acceptors (Lipinski definition) is 4. The molecule has 1 saturated heterocycles. The molecule has 0 unspecified atom stereocenters. The van der Waals surface area contributed by atoms with Gasteiger partial charge in [-0.2, -0.15) is 0 Å². The number of pyridine rings is 2. The zero-order valence-corrected chi connectivity index (χ0v) is 17.7. The molecule has 1 fully saturated rings. The highest BCUT2D eigenvalue weighted by atomic mass is 16.1. The molecule has 3 aromatic rings. The van der Waals surface area contributed by atoms with E-state index >= 15 is 0 Å². The lowest BCUT2D eigenvalue weighted by Gasteiger charge is -2.31. The number of piperidine rings is 1. The normalized spacial score (nSPS) is 17.3. The van der Waals surface area contributed by atoms with Gasteiger partial charge >= 0.3 is 0 Å². The molecular formula is C25H28N4O. The second kappa shape index (κ2) is 7.73. The second-order valence-corrected chi connectivity index (χ2v) is 8.63. The number of anilines is 1. The summed E-state index contributed by atoms with van der Waals surface area (Å²) in [5.41, 5.74) is 6.76. The highest BCUT2D eigenvalue weighted by Crippen LogP contribution is 2.36. The highest BCUT2D eigenvalue weighted by Gasteiger charge is 2.28. The number of hydrogen-bond donors (Lipinski definition) is 0. The van der Waals surface area contributed by atoms with Crippen LogP contribution >= 0.6 is 0 Å². The largest absolute Gasteiger partial charge is 0.358 e. The molecule has 2 aliphatic rings. The molecule has 1 aromatic carbocycles. The average molecular weight is 401 g/mol. The van der Waals surface area contributed by atoms with Crippen molar-refractivity contribution in [2.75, 3.05) is 25.0 Å². The Hall–Kier alpha value is -2.92. The molecule has 0 radical (unpaired) electrons. The van der Waals surface area contributed by atoms with Crippen LogP contribution in [0.1, 0.15) is 35.6 Å². The zero-order chi connectivity index (χ0) is 20.7. The maximum absolute atomic E-state index is 13.7. The van der Waals surface area contributed by atoms with Crippen LogP contribution in [0.15, 0.2) is 59.7 Å². The molecule has 2 aromatic heterocycles. The van der Waals surface area contributed by atoms with Crippen molar-refractivity contribution in [3.05, 3.63) is 82.0 Å². The highest BCUT2D eigenvalue weighted by molar-refractivity contribution is 5.79. The number of benzene rings is 1. The molecule has 0 aliphatic carbocycles. The second-order valence-electron chi connectivity index (χ2n) is 8.63. The summed E-state index contributed by atoms with van der Waals surface area (Å²) in [6.07, 6.45) is 5.80. The van der Waals surface area contributed by atoms with Crippen molar-refractivity contribution >= 4 is 5.69 Å². The van der Waals surface area contributed by atoms with Gasteiger partial charge in [0.05, 0.1) is 0 Å². The minimum absolute atomic E-state index is 0.103. The van der Waals surface area contributed by atoms with Gasteiger partial charge < -0.3 is 14.4 Å². The molecule has 0 amide bonds. The predicted octanol–water partition coefficient (Wildman–Crippen LogP) is 3.78. The Morgan fingerprint density at radius 1 is 0.933 bits per heavy atom. The van der Waals surface area contributed by atoms with E-state index in [1.54, 1.807) is 0 Å². The number of fused-ring (bicyclic) bond motifs is 1. The van der Waals surface area contributed by atoms with Crippen molar-refractivity contribution in [2.45, 2.75) is 31.8 Å². The Morgan fingerprint density at radius 2 is 1.57 bits per heavy atom. The van der Waals surface area contributed by atoms with Crippen LogP contribution in [0.4, 0.5) is 5.69 Å². The average Bonchev–Trinajstić information content (AvgIpc) is 3.20. The van der Waals surface area contributed by atoms with Gasteiger partial charge in [0.1, 0.15) is 5.69 Å². The Balaban J connectivity index is 1.63. The van der Waals surface area contributed by atoms with E-state index in [9.17, 15) is 4.79 Å². The van der Waals surface area contributed by atoms with Crippen LogP contribution in [0.5, 0.6) is 0 Å². The molecule has 0 atom stereocenters. The number of likely N-dealkylation sites (tertiary alicyclic amines) is 1. The van der Waals surface area contributed by atoms with Gasteiger partial charge in [0, 0.05) is 49.7 Å². The predicted molar refractivity (Wildman–Crippen MR) is 121 cm³/mol. The van der Waals surface area contributed by atoms with Crippen LogP contribution in [0, 0.1) is 0 Å². The lowest BCUT2D eigenvalue weighted by Crippen LogP contribution is -2.34. The first-order valence-electron chi connectivity index (χ1n) is 10.8.